The molecule has 4 nitrogen and oxygen atoms in total. The van der Waals surface area contributed by atoms with Crippen LogP contribution >= 0.6 is 0 Å². The molecule has 3 N–H and O–H groups in total. The Balaban J connectivity index is 2.07. The zero-order chi connectivity index (χ0) is 13.0. The molecule has 0 aliphatic heterocycles. The smallest absolute Gasteiger partial charge is 0.0538 e. The molecule has 18 heavy (non-hydrogen) atoms. The molecule has 0 saturated carbocycles. The summed E-state index contributed by atoms with van der Waals surface area (Å²) in [6, 6.07) is 10.8. The molecule has 2 rings (SSSR count). The number of benzene rings is 1. The molecule has 0 aliphatic rings. The molecule has 0 bridgehead atoms. The quantitative estimate of drug-likeness (QED) is 0.843. The second kappa shape index (κ2) is 5.80. The van der Waals surface area contributed by atoms with Crippen LogP contribution in [0.25, 0.3) is 0 Å². The van der Waals surface area contributed by atoms with Crippen molar-refractivity contribution in [3.8, 4) is 0 Å². The molecule has 1 aromatic carbocycles. The Morgan fingerprint density at radius 3 is 2.56 bits per heavy atom. The van der Waals surface area contributed by atoms with Crippen molar-refractivity contribution in [1.82, 2.24) is 15.1 Å². The summed E-state index contributed by atoms with van der Waals surface area (Å²) in [6.45, 7) is 2.71. The van der Waals surface area contributed by atoms with Gasteiger partial charge in [0, 0.05) is 37.4 Å². The molecule has 0 fully saturated rings. The van der Waals surface area contributed by atoms with Crippen LogP contribution in [0.1, 0.15) is 30.1 Å². The van der Waals surface area contributed by atoms with E-state index in [1.54, 1.807) is 4.68 Å². The highest BCUT2D eigenvalue weighted by Crippen LogP contribution is 2.18. The molecule has 4 heteroatoms. The van der Waals surface area contributed by atoms with Crippen molar-refractivity contribution in [2.75, 3.05) is 6.54 Å². The van der Waals surface area contributed by atoms with Gasteiger partial charge in [0.1, 0.15) is 0 Å². The molecule has 0 spiro atoms. The molecule has 96 valence electrons. The van der Waals surface area contributed by atoms with Gasteiger partial charge in [0.15, 0.2) is 0 Å². The van der Waals surface area contributed by atoms with Crippen LogP contribution in [-0.2, 0) is 7.05 Å². The lowest BCUT2D eigenvalue weighted by Crippen LogP contribution is -2.30. The van der Waals surface area contributed by atoms with E-state index < -0.39 is 0 Å². The topological polar surface area (TPSA) is 55.9 Å². The largest absolute Gasteiger partial charge is 0.329 e. The van der Waals surface area contributed by atoms with Crippen LogP contribution in [-0.4, -0.2) is 16.3 Å². The summed E-state index contributed by atoms with van der Waals surface area (Å²) >= 11 is 0. The SMILES string of the molecule is CC(NC(CN)c1cnn(C)c1)c1ccccc1. The maximum atomic E-state index is 5.84. The lowest BCUT2D eigenvalue weighted by molar-refractivity contribution is 0.473. The van der Waals surface area contributed by atoms with Crippen LogP contribution in [0.2, 0.25) is 0 Å². The second-order valence-corrected chi connectivity index (χ2v) is 4.53. The van der Waals surface area contributed by atoms with Crippen LogP contribution in [0.4, 0.5) is 0 Å². The Morgan fingerprint density at radius 1 is 1.28 bits per heavy atom. The highest BCUT2D eigenvalue weighted by Gasteiger charge is 2.15. The van der Waals surface area contributed by atoms with Crippen molar-refractivity contribution >= 4 is 0 Å². The Hall–Kier alpha value is -1.65. The third-order valence-corrected chi connectivity index (χ3v) is 3.11. The standard InChI is InChI=1S/C14H20N4/c1-11(12-6-4-3-5-7-12)17-14(8-15)13-9-16-18(2)10-13/h3-7,9-11,14,17H,8,15H2,1-2H3. The number of nitrogens with two attached hydrogens (primary N) is 1. The minimum Gasteiger partial charge on any atom is -0.329 e. The van der Waals surface area contributed by atoms with Gasteiger partial charge in [-0.25, -0.2) is 0 Å². The normalized spacial score (nSPS) is 14.4. The molecule has 0 amide bonds. The van der Waals surface area contributed by atoms with E-state index in [9.17, 15) is 0 Å². The molecule has 1 aromatic heterocycles. The Kier molecular flexibility index (Phi) is 4.12. The van der Waals surface area contributed by atoms with Gasteiger partial charge in [0.2, 0.25) is 0 Å². The first-order valence-corrected chi connectivity index (χ1v) is 6.20. The average Bonchev–Trinajstić information content (AvgIpc) is 2.83. The molecule has 2 aromatic rings. The molecule has 0 saturated heterocycles. The van der Waals surface area contributed by atoms with Gasteiger partial charge in [0.25, 0.3) is 0 Å². The number of rotatable bonds is 5. The third kappa shape index (κ3) is 2.97. The molecule has 0 aliphatic carbocycles. The first-order chi connectivity index (χ1) is 8.70. The van der Waals surface area contributed by atoms with E-state index in [-0.39, 0.29) is 12.1 Å². The highest BCUT2D eigenvalue weighted by molar-refractivity contribution is 5.19. The highest BCUT2D eigenvalue weighted by atomic mass is 15.2. The Bertz CT molecular complexity index is 478. The zero-order valence-electron chi connectivity index (χ0n) is 10.9. The molecule has 2 atom stereocenters. The van der Waals surface area contributed by atoms with Gasteiger partial charge in [0.05, 0.1) is 6.20 Å². The molecule has 2 unspecified atom stereocenters. The van der Waals surface area contributed by atoms with Crippen LogP contribution in [0.3, 0.4) is 0 Å². The third-order valence-electron chi connectivity index (χ3n) is 3.11. The lowest BCUT2D eigenvalue weighted by Gasteiger charge is -2.21. The summed E-state index contributed by atoms with van der Waals surface area (Å²) in [5, 5.41) is 7.72. The molecule has 1 heterocycles. The van der Waals surface area contributed by atoms with Gasteiger partial charge in [-0.3, -0.25) is 4.68 Å². The fourth-order valence-corrected chi connectivity index (χ4v) is 2.06. The second-order valence-electron chi connectivity index (χ2n) is 4.53. The van der Waals surface area contributed by atoms with E-state index in [2.05, 4.69) is 41.6 Å². The van der Waals surface area contributed by atoms with E-state index in [4.69, 9.17) is 5.73 Å². The van der Waals surface area contributed by atoms with Crippen LogP contribution < -0.4 is 11.1 Å². The van der Waals surface area contributed by atoms with Crippen LogP contribution in [0, 0.1) is 0 Å². The molecular formula is C14H20N4. The Labute approximate surface area is 108 Å². The van der Waals surface area contributed by atoms with Crippen molar-refractivity contribution in [1.29, 1.82) is 0 Å². The minimum absolute atomic E-state index is 0.133. The number of aryl methyl sites for hydroxylation is 1. The van der Waals surface area contributed by atoms with Crippen molar-refractivity contribution in [3.05, 3.63) is 53.9 Å². The van der Waals surface area contributed by atoms with E-state index in [0.717, 1.165) is 5.56 Å². The van der Waals surface area contributed by atoms with Crippen molar-refractivity contribution in [2.24, 2.45) is 12.8 Å². The molecule has 0 radical (unpaired) electrons. The summed E-state index contributed by atoms with van der Waals surface area (Å²) in [5.41, 5.74) is 8.23. The number of aromatic nitrogens is 2. The summed E-state index contributed by atoms with van der Waals surface area (Å²) in [5.74, 6) is 0. The summed E-state index contributed by atoms with van der Waals surface area (Å²) in [4.78, 5) is 0. The lowest BCUT2D eigenvalue weighted by atomic mass is 10.1. The maximum Gasteiger partial charge on any atom is 0.0538 e. The monoisotopic (exact) mass is 244 g/mol. The fourth-order valence-electron chi connectivity index (χ4n) is 2.06. The average molecular weight is 244 g/mol. The van der Waals surface area contributed by atoms with Crippen LogP contribution in [0.15, 0.2) is 42.7 Å². The summed E-state index contributed by atoms with van der Waals surface area (Å²) < 4.78 is 1.80. The predicted molar refractivity (Wildman–Crippen MR) is 73.0 cm³/mol. The van der Waals surface area contributed by atoms with E-state index in [0.29, 0.717) is 6.54 Å². The fraction of sp³-hybridized carbons (Fsp3) is 0.357. The minimum atomic E-state index is 0.133. The van der Waals surface area contributed by atoms with E-state index >= 15 is 0 Å². The zero-order valence-corrected chi connectivity index (χ0v) is 10.9. The van der Waals surface area contributed by atoms with Crippen molar-refractivity contribution < 1.29 is 0 Å². The van der Waals surface area contributed by atoms with E-state index in [1.165, 1.54) is 5.56 Å². The van der Waals surface area contributed by atoms with Gasteiger partial charge in [-0.15, -0.1) is 0 Å². The number of hydrogen-bond donors (Lipinski definition) is 2. The summed E-state index contributed by atoms with van der Waals surface area (Å²) in [7, 11) is 1.91. The molecular weight excluding hydrogens is 224 g/mol. The van der Waals surface area contributed by atoms with Crippen LogP contribution in [0.5, 0.6) is 0 Å². The van der Waals surface area contributed by atoms with Gasteiger partial charge < -0.3 is 11.1 Å². The van der Waals surface area contributed by atoms with Gasteiger partial charge in [-0.2, -0.15) is 5.10 Å². The number of nitrogens with one attached hydrogen (secondary N) is 1. The first kappa shape index (κ1) is 12.8. The number of nitrogens with zero attached hydrogens (tertiary/aromatic N) is 2. The predicted octanol–water partition coefficient (Wildman–Crippen LogP) is 1.77. The Morgan fingerprint density at radius 2 is 2.00 bits per heavy atom. The maximum absolute atomic E-state index is 5.84. The van der Waals surface area contributed by atoms with Gasteiger partial charge in [-0.05, 0) is 12.5 Å². The van der Waals surface area contributed by atoms with E-state index in [1.807, 2.05) is 25.5 Å². The summed E-state index contributed by atoms with van der Waals surface area (Å²) in [6.07, 6.45) is 3.87. The van der Waals surface area contributed by atoms with Gasteiger partial charge in [-0.1, -0.05) is 30.3 Å². The number of hydrogen-bond acceptors (Lipinski definition) is 3. The van der Waals surface area contributed by atoms with Crippen molar-refractivity contribution in [2.45, 2.75) is 19.0 Å². The van der Waals surface area contributed by atoms with Crippen molar-refractivity contribution in [3.63, 3.8) is 0 Å². The first-order valence-electron chi connectivity index (χ1n) is 6.20. The van der Waals surface area contributed by atoms with Gasteiger partial charge >= 0.3 is 0 Å².